The van der Waals surface area contributed by atoms with Gasteiger partial charge in [-0.25, -0.2) is 0 Å². The van der Waals surface area contributed by atoms with Crippen LogP contribution in [0.2, 0.25) is 0 Å². The molecule has 0 saturated carbocycles. The molecule has 3 nitrogen and oxygen atoms in total. The molecule has 1 N–H and O–H groups in total. The summed E-state index contributed by atoms with van der Waals surface area (Å²) < 4.78 is 0. The number of rotatable bonds is 4. The lowest BCUT2D eigenvalue weighted by atomic mass is 10.3. The van der Waals surface area contributed by atoms with Crippen molar-refractivity contribution in [3.8, 4) is 0 Å². The summed E-state index contributed by atoms with van der Waals surface area (Å²) >= 11 is 0. The van der Waals surface area contributed by atoms with Gasteiger partial charge in [0.05, 0.1) is 0 Å². The molecule has 0 atom stereocenters. The molecule has 1 fully saturated rings. The van der Waals surface area contributed by atoms with Gasteiger partial charge in [0.15, 0.2) is 0 Å². The molecule has 1 aliphatic heterocycles. The Morgan fingerprint density at radius 2 is 2.08 bits per heavy atom. The fourth-order valence-electron chi connectivity index (χ4n) is 1.56. The summed E-state index contributed by atoms with van der Waals surface area (Å²) in [7, 11) is 0. The Morgan fingerprint density at radius 1 is 1.17 bits per heavy atom. The van der Waals surface area contributed by atoms with Gasteiger partial charge in [-0.05, 0) is 32.5 Å². The zero-order valence-electron chi connectivity index (χ0n) is 7.72. The molecule has 0 aromatic rings. The van der Waals surface area contributed by atoms with E-state index in [2.05, 4.69) is 10.2 Å². The van der Waals surface area contributed by atoms with Gasteiger partial charge in [-0.3, -0.25) is 0 Å². The molecule has 0 spiro atoms. The van der Waals surface area contributed by atoms with Crippen LogP contribution in [0.25, 0.3) is 0 Å². The third kappa shape index (κ3) is 4.04. The van der Waals surface area contributed by atoms with Crippen LogP contribution in [0.15, 0.2) is 0 Å². The third-order valence-electron chi connectivity index (χ3n) is 2.30. The van der Waals surface area contributed by atoms with E-state index in [1.54, 1.807) is 0 Å². The number of nitrogens with zero attached hydrogens (tertiary/aromatic N) is 1. The Kier molecular flexibility index (Phi) is 5.32. The minimum absolute atomic E-state index is 0.0894. The molecule has 0 bridgehead atoms. The fraction of sp³-hybridized carbons (Fsp3) is 1.00. The summed E-state index contributed by atoms with van der Waals surface area (Å²) in [6.07, 6.45) is 3.16. The minimum Gasteiger partial charge on any atom is -0.854 e. The highest BCUT2D eigenvalue weighted by Gasteiger charge is 2.06. The van der Waals surface area contributed by atoms with Crippen molar-refractivity contribution < 1.29 is 5.11 Å². The largest absolute Gasteiger partial charge is 0.854 e. The second-order valence-corrected chi connectivity index (χ2v) is 3.36. The van der Waals surface area contributed by atoms with E-state index in [1.165, 1.54) is 13.0 Å². The normalized spacial score (nSPS) is 20.8. The molecular weight excluding hydrogens is 152 g/mol. The van der Waals surface area contributed by atoms with Crippen molar-refractivity contribution in [2.45, 2.75) is 19.3 Å². The van der Waals surface area contributed by atoms with E-state index in [9.17, 15) is 5.11 Å². The average Bonchev–Trinajstić information content (AvgIpc) is 2.33. The zero-order chi connectivity index (χ0) is 8.65. The Bertz CT molecular complexity index is 101. The molecule has 12 heavy (non-hydrogen) atoms. The lowest BCUT2D eigenvalue weighted by molar-refractivity contribution is -0.368. The first kappa shape index (κ1) is 9.96. The van der Waals surface area contributed by atoms with Crippen LogP contribution in [0, 0.1) is 0 Å². The number of hydrogen-bond acceptors (Lipinski definition) is 3. The Labute approximate surface area is 74.8 Å². The number of unbranched alkanes of at least 4 members (excludes halogenated alkanes) is 1. The smallest absolute Gasteiger partial charge is 0.0107 e. The van der Waals surface area contributed by atoms with Crippen molar-refractivity contribution in [2.24, 2.45) is 0 Å². The molecule has 1 saturated heterocycles. The van der Waals surface area contributed by atoms with Crippen LogP contribution >= 0.6 is 0 Å². The quantitative estimate of drug-likeness (QED) is 0.575. The van der Waals surface area contributed by atoms with Crippen LogP contribution in [0.4, 0.5) is 0 Å². The average molecular weight is 171 g/mol. The maximum absolute atomic E-state index is 10.2. The Balaban J connectivity index is 2.04. The van der Waals surface area contributed by atoms with E-state index in [0.29, 0.717) is 0 Å². The summed E-state index contributed by atoms with van der Waals surface area (Å²) in [5.41, 5.74) is 0. The van der Waals surface area contributed by atoms with Crippen LogP contribution in [-0.4, -0.2) is 44.2 Å². The molecule has 1 aliphatic rings. The second kappa shape index (κ2) is 6.40. The summed E-state index contributed by atoms with van der Waals surface area (Å²) in [6, 6.07) is 0. The first-order valence-electron chi connectivity index (χ1n) is 4.94. The third-order valence-corrected chi connectivity index (χ3v) is 2.30. The van der Waals surface area contributed by atoms with Crippen molar-refractivity contribution in [3.05, 3.63) is 0 Å². The summed E-state index contributed by atoms with van der Waals surface area (Å²) in [6.45, 7) is 5.82. The van der Waals surface area contributed by atoms with Gasteiger partial charge in [0.25, 0.3) is 0 Å². The van der Waals surface area contributed by atoms with Crippen molar-refractivity contribution in [1.82, 2.24) is 10.2 Å². The standard InChI is InChI=1S/C9H19N2O/c12-9-2-1-6-11-7-3-4-10-5-8-11/h10H,1-9H2/q-1. The zero-order valence-corrected chi connectivity index (χ0v) is 7.72. The maximum atomic E-state index is 10.2. The van der Waals surface area contributed by atoms with Gasteiger partial charge in [-0.1, -0.05) is 6.42 Å². The van der Waals surface area contributed by atoms with Crippen LogP contribution in [-0.2, 0) is 0 Å². The molecule has 0 amide bonds. The summed E-state index contributed by atoms with van der Waals surface area (Å²) in [5.74, 6) is 0. The summed E-state index contributed by atoms with van der Waals surface area (Å²) in [4.78, 5) is 2.45. The second-order valence-electron chi connectivity index (χ2n) is 3.36. The molecule has 0 unspecified atom stereocenters. The van der Waals surface area contributed by atoms with Gasteiger partial charge in [0.1, 0.15) is 0 Å². The van der Waals surface area contributed by atoms with E-state index in [4.69, 9.17) is 0 Å². The van der Waals surface area contributed by atoms with E-state index in [0.717, 1.165) is 39.0 Å². The molecule has 3 heteroatoms. The van der Waals surface area contributed by atoms with E-state index in [1.807, 2.05) is 0 Å². The predicted molar refractivity (Wildman–Crippen MR) is 48.0 cm³/mol. The van der Waals surface area contributed by atoms with Crippen molar-refractivity contribution >= 4 is 0 Å². The van der Waals surface area contributed by atoms with Crippen LogP contribution in [0.1, 0.15) is 19.3 Å². The van der Waals surface area contributed by atoms with E-state index in [-0.39, 0.29) is 6.61 Å². The van der Waals surface area contributed by atoms with E-state index < -0.39 is 0 Å². The number of hydrogen-bond donors (Lipinski definition) is 1. The van der Waals surface area contributed by atoms with Crippen molar-refractivity contribution in [2.75, 3.05) is 39.3 Å². The first-order valence-corrected chi connectivity index (χ1v) is 4.94. The van der Waals surface area contributed by atoms with Crippen molar-refractivity contribution in [1.29, 1.82) is 0 Å². The van der Waals surface area contributed by atoms with Gasteiger partial charge < -0.3 is 15.3 Å². The first-order chi connectivity index (χ1) is 5.93. The monoisotopic (exact) mass is 171 g/mol. The molecule has 0 radical (unpaired) electrons. The topological polar surface area (TPSA) is 38.3 Å². The minimum atomic E-state index is 0.0894. The van der Waals surface area contributed by atoms with Gasteiger partial charge in [0, 0.05) is 13.1 Å². The lowest BCUT2D eigenvalue weighted by Gasteiger charge is -2.19. The van der Waals surface area contributed by atoms with Crippen molar-refractivity contribution in [3.63, 3.8) is 0 Å². The fourth-order valence-corrected chi connectivity index (χ4v) is 1.56. The molecule has 1 heterocycles. The summed E-state index contributed by atoms with van der Waals surface area (Å²) in [5, 5.41) is 13.6. The van der Waals surface area contributed by atoms with Gasteiger partial charge in [-0.15, -0.1) is 6.61 Å². The molecule has 0 aromatic heterocycles. The predicted octanol–water partition coefficient (Wildman–Crippen LogP) is -0.578. The molecule has 0 aromatic carbocycles. The van der Waals surface area contributed by atoms with Gasteiger partial charge in [-0.2, -0.15) is 0 Å². The highest BCUT2D eigenvalue weighted by Crippen LogP contribution is 1.97. The van der Waals surface area contributed by atoms with Crippen LogP contribution < -0.4 is 10.4 Å². The Morgan fingerprint density at radius 3 is 2.92 bits per heavy atom. The number of nitrogens with one attached hydrogen (secondary N) is 1. The SMILES string of the molecule is [O-]CCCCN1CCCNCC1. The van der Waals surface area contributed by atoms with Gasteiger partial charge >= 0.3 is 0 Å². The van der Waals surface area contributed by atoms with E-state index >= 15 is 0 Å². The highest BCUT2D eigenvalue weighted by atomic mass is 16.2. The van der Waals surface area contributed by atoms with Crippen LogP contribution in [0.3, 0.4) is 0 Å². The molecular formula is C9H19N2O-. The lowest BCUT2D eigenvalue weighted by Crippen LogP contribution is -2.29. The highest BCUT2D eigenvalue weighted by molar-refractivity contribution is 4.65. The molecule has 1 rings (SSSR count). The molecule has 0 aliphatic carbocycles. The van der Waals surface area contributed by atoms with Crippen LogP contribution in [0.5, 0.6) is 0 Å². The Hall–Kier alpha value is -0.120. The molecule has 72 valence electrons. The van der Waals surface area contributed by atoms with Gasteiger partial charge in [0.2, 0.25) is 0 Å². The maximum Gasteiger partial charge on any atom is 0.0107 e.